The third kappa shape index (κ3) is 2.10. The number of rotatable bonds is 4. The van der Waals surface area contributed by atoms with Gasteiger partial charge in [-0.25, -0.2) is 0 Å². The molecule has 0 fully saturated rings. The number of hydrogen-bond acceptors (Lipinski definition) is 5. The van der Waals surface area contributed by atoms with Crippen molar-refractivity contribution < 1.29 is 9.66 Å². The molecule has 0 aliphatic heterocycles. The first-order valence-electron chi connectivity index (χ1n) is 5.35. The SMILES string of the molecule is CCOc1c(-c2cc(N)n[nH]2)cccc1[N+](=O)[O-]. The highest BCUT2D eigenvalue weighted by Gasteiger charge is 2.20. The van der Waals surface area contributed by atoms with Crippen molar-refractivity contribution in [3.63, 3.8) is 0 Å². The van der Waals surface area contributed by atoms with E-state index in [-0.39, 0.29) is 11.4 Å². The van der Waals surface area contributed by atoms with Gasteiger partial charge in [0.2, 0.25) is 5.75 Å². The van der Waals surface area contributed by atoms with Gasteiger partial charge in [-0.15, -0.1) is 0 Å². The number of nitro groups is 1. The van der Waals surface area contributed by atoms with E-state index in [4.69, 9.17) is 10.5 Å². The van der Waals surface area contributed by atoms with Crippen LogP contribution in [0.4, 0.5) is 11.5 Å². The van der Waals surface area contributed by atoms with E-state index in [2.05, 4.69) is 10.2 Å². The third-order valence-corrected chi connectivity index (χ3v) is 2.37. The first kappa shape index (κ1) is 11.9. The smallest absolute Gasteiger partial charge is 0.311 e. The minimum absolute atomic E-state index is 0.0810. The number of aromatic nitrogens is 2. The summed E-state index contributed by atoms with van der Waals surface area (Å²) in [5, 5.41) is 17.5. The summed E-state index contributed by atoms with van der Waals surface area (Å²) in [6, 6.07) is 6.30. The second kappa shape index (κ2) is 4.74. The number of nitro benzene ring substituents is 1. The third-order valence-electron chi connectivity index (χ3n) is 2.37. The molecule has 2 aromatic rings. The summed E-state index contributed by atoms with van der Waals surface area (Å²) >= 11 is 0. The van der Waals surface area contributed by atoms with Crippen LogP contribution < -0.4 is 10.5 Å². The number of aromatic amines is 1. The number of nitrogens with one attached hydrogen (secondary N) is 1. The molecule has 3 N–H and O–H groups in total. The van der Waals surface area contributed by atoms with Crippen LogP contribution in [-0.2, 0) is 0 Å². The molecule has 2 rings (SSSR count). The summed E-state index contributed by atoms with van der Waals surface area (Å²) in [4.78, 5) is 10.5. The van der Waals surface area contributed by atoms with Gasteiger partial charge in [0, 0.05) is 17.7 Å². The fourth-order valence-corrected chi connectivity index (χ4v) is 1.65. The molecule has 0 unspecified atom stereocenters. The van der Waals surface area contributed by atoms with Gasteiger partial charge in [-0.2, -0.15) is 5.10 Å². The lowest BCUT2D eigenvalue weighted by atomic mass is 10.1. The lowest BCUT2D eigenvalue weighted by molar-refractivity contribution is -0.385. The molecule has 0 amide bonds. The van der Waals surface area contributed by atoms with Crippen molar-refractivity contribution >= 4 is 11.5 Å². The highest BCUT2D eigenvalue weighted by molar-refractivity contribution is 5.74. The summed E-state index contributed by atoms with van der Waals surface area (Å²) in [7, 11) is 0. The van der Waals surface area contributed by atoms with E-state index in [9.17, 15) is 10.1 Å². The number of ether oxygens (including phenoxy) is 1. The zero-order valence-corrected chi connectivity index (χ0v) is 9.71. The van der Waals surface area contributed by atoms with Crippen molar-refractivity contribution in [3.05, 3.63) is 34.4 Å². The Labute approximate surface area is 103 Å². The molecule has 94 valence electrons. The number of H-pyrrole nitrogens is 1. The number of nitrogens with zero attached hydrogens (tertiary/aromatic N) is 2. The predicted molar refractivity (Wildman–Crippen MR) is 66.3 cm³/mol. The van der Waals surface area contributed by atoms with E-state index in [0.29, 0.717) is 23.7 Å². The van der Waals surface area contributed by atoms with Gasteiger partial charge in [0.05, 0.1) is 17.2 Å². The minimum Gasteiger partial charge on any atom is -0.487 e. The largest absolute Gasteiger partial charge is 0.487 e. The van der Waals surface area contributed by atoms with Crippen LogP contribution in [0.2, 0.25) is 0 Å². The van der Waals surface area contributed by atoms with Gasteiger partial charge in [0.1, 0.15) is 5.82 Å². The first-order chi connectivity index (χ1) is 8.63. The van der Waals surface area contributed by atoms with Gasteiger partial charge in [-0.05, 0) is 13.0 Å². The Morgan fingerprint density at radius 2 is 2.33 bits per heavy atom. The summed E-state index contributed by atoms with van der Waals surface area (Å²) < 4.78 is 5.36. The highest BCUT2D eigenvalue weighted by atomic mass is 16.6. The van der Waals surface area contributed by atoms with Crippen molar-refractivity contribution in [2.75, 3.05) is 12.3 Å². The van der Waals surface area contributed by atoms with E-state index in [0.717, 1.165) is 0 Å². The van der Waals surface area contributed by atoms with E-state index in [1.54, 1.807) is 25.1 Å². The molecular weight excluding hydrogens is 236 g/mol. The van der Waals surface area contributed by atoms with Crippen molar-refractivity contribution in [2.45, 2.75) is 6.92 Å². The molecule has 1 aromatic carbocycles. The van der Waals surface area contributed by atoms with Crippen molar-refractivity contribution in [2.24, 2.45) is 0 Å². The van der Waals surface area contributed by atoms with Crippen LogP contribution in [0.1, 0.15) is 6.92 Å². The van der Waals surface area contributed by atoms with Crippen molar-refractivity contribution in [3.8, 4) is 17.0 Å². The predicted octanol–water partition coefficient (Wildman–Crippen LogP) is 1.97. The molecule has 0 radical (unpaired) electrons. The summed E-state index contributed by atoms with van der Waals surface area (Å²) in [5.74, 6) is 0.535. The Balaban J connectivity index is 2.59. The first-order valence-corrected chi connectivity index (χ1v) is 5.35. The lowest BCUT2D eigenvalue weighted by Gasteiger charge is -2.08. The number of nitrogens with two attached hydrogens (primary N) is 1. The Kier molecular flexibility index (Phi) is 3.13. The molecule has 0 saturated carbocycles. The summed E-state index contributed by atoms with van der Waals surface area (Å²) in [6.45, 7) is 2.10. The quantitative estimate of drug-likeness (QED) is 0.635. The number of hydrogen-bond donors (Lipinski definition) is 2. The van der Waals surface area contributed by atoms with Gasteiger partial charge in [0.15, 0.2) is 0 Å². The molecule has 7 heteroatoms. The zero-order chi connectivity index (χ0) is 13.1. The molecule has 0 saturated heterocycles. The Bertz CT molecular complexity index is 579. The topological polar surface area (TPSA) is 107 Å². The molecule has 0 bridgehead atoms. The van der Waals surface area contributed by atoms with Gasteiger partial charge in [-0.3, -0.25) is 15.2 Å². The molecular formula is C11H12N4O3. The molecule has 18 heavy (non-hydrogen) atoms. The Morgan fingerprint density at radius 1 is 1.56 bits per heavy atom. The van der Waals surface area contributed by atoms with Crippen molar-refractivity contribution in [1.82, 2.24) is 10.2 Å². The second-order valence-electron chi connectivity index (χ2n) is 3.55. The molecule has 1 aromatic heterocycles. The molecule has 0 atom stereocenters. The maximum Gasteiger partial charge on any atom is 0.311 e. The van der Waals surface area contributed by atoms with Crippen LogP contribution >= 0.6 is 0 Å². The number of nitrogen functional groups attached to an aromatic ring is 1. The zero-order valence-electron chi connectivity index (χ0n) is 9.71. The maximum atomic E-state index is 11.0. The summed E-state index contributed by atoms with van der Waals surface area (Å²) in [5.41, 5.74) is 6.59. The van der Waals surface area contributed by atoms with E-state index in [1.165, 1.54) is 6.07 Å². The highest BCUT2D eigenvalue weighted by Crippen LogP contribution is 2.37. The van der Waals surface area contributed by atoms with E-state index in [1.807, 2.05) is 0 Å². The molecule has 7 nitrogen and oxygen atoms in total. The normalized spacial score (nSPS) is 10.3. The summed E-state index contributed by atoms with van der Waals surface area (Å²) in [6.07, 6.45) is 0. The average Bonchev–Trinajstić information content (AvgIpc) is 2.76. The molecule has 1 heterocycles. The van der Waals surface area contributed by atoms with Crippen LogP contribution in [0.15, 0.2) is 24.3 Å². The van der Waals surface area contributed by atoms with Gasteiger partial charge < -0.3 is 10.5 Å². The van der Waals surface area contributed by atoms with Crippen LogP contribution in [0.25, 0.3) is 11.3 Å². The van der Waals surface area contributed by atoms with E-state index < -0.39 is 4.92 Å². The van der Waals surface area contributed by atoms with Gasteiger partial charge >= 0.3 is 5.69 Å². The lowest BCUT2D eigenvalue weighted by Crippen LogP contribution is -1.99. The average molecular weight is 248 g/mol. The Hall–Kier alpha value is -2.57. The van der Waals surface area contributed by atoms with Crippen LogP contribution in [0.5, 0.6) is 5.75 Å². The number of para-hydroxylation sites is 1. The standard InChI is InChI=1S/C11H12N4O3/c1-2-18-11-7(8-6-10(12)14-13-8)4-3-5-9(11)15(16)17/h3-6H,2H2,1H3,(H3,12,13,14). The number of benzene rings is 1. The Morgan fingerprint density at radius 3 is 2.89 bits per heavy atom. The van der Waals surface area contributed by atoms with Gasteiger partial charge in [-0.1, -0.05) is 6.07 Å². The molecule has 0 spiro atoms. The van der Waals surface area contributed by atoms with E-state index >= 15 is 0 Å². The molecule has 0 aliphatic carbocycles. The van der Waals surface area contributed by atoms with Crippen LogP contribution in [0.3, 0.4) is 0 Å². The van der Waals surface area contributed by atoms with Gasteiger partial charge in [0.25, 0.3) is 0 Å². The number of anilines is 1. The fraction of sp³-hybridized carbons (Fsp3) is 0.182. The van der Waals surface area contributed by atoms with Crippen molar-refractivity contribution in [1.29, 1.82) is 0 Å². The fourth-order valence-electron chi connectivity index (χ4n) is 1.65. The maximum absolute atomic E-state index is 11.0. The minimum atomic E-state index is -0.478. The second-order valence-corrected chi connectivity index (χ2v) is 3.55. The van der Waals surface area contributed by atoms with Crippen LogP contribution in [0, 0.1) is 10.1 Å². The monoisotopic (exact) mass is 248 g/mol. The molecule has 0 aliphatic rings. The van der Waals surface area contributed by atoms with Crippen LogP contribution in [-0.4, -0.2) is 21.7 Å².